The molecule has 1 atom stereocenters. The van der Waals surface area contributed by atoms with Crippen LogP contribution in [0.25, 0.3) is 0 Å². The van der Waals surface area contributed by atoms with Crippen molar-refractivity contribution < 1.29 is 23.8 Å². The monoisotopic (exact) mass is 741 g/mol. The van der Waals surface area contributed by atoms with E-state index < -0.39 is 18.0 Å². The first kappa shape index (κ1) is 31.2. The molecule has 0 bridgehead atoms. The second-order valence-corrected chi connectivity index (χ2v) is 12.3. The van der Waals surface area contributed by atoms with Gasteiger partial charge in [-0.2, -0.15) is 0 Å². The number of hydrogen-bond donors (Lipinski definition) is 2. The van der Waals surface area contributed by atoms with Crippen molar-refractivity contribution in [1.29, 1.82) is 0 Å². The number of hydrazine groups is 1. The van der Waals surface area contributed by atoms with Crippen molar-refractivity contribution in [2.75, 3.05) is 12.4 Å². The predicted octanol–water partition coefficient (Wildman–Crippen LogP) is 8.29. The number of para-hydroxylation sites is 1. The summed E-state index contributed by atoms with van der Waals surface area (Å²) in [6.45, 7) is 0.559. The quantitative estimate of drug-likeness (QED) is 0.150. The van der Waals surface area contributed by atoms with E-state index in [1.54, 1.807) is 55.6 Å². The van der Waals surface area contributed by atoms with Crippen LogP contribution >= 0.6 is 31.9 Å². The Hall–Kier alpha value is -4.80. The van der Waals surface area contributed by atoms with Crippen LogP contribution in [-0.2, 0) is 13.2 Å². The van der Waals surface area contributed by atoms with Gasteiger partial charge >= 0.3 is 0 Å². The molecular formula is C36H29Br2N3O5. The molecule has 6 rings (SSSR count). The third kappa shape index (κ3) is 7.03. The molecule has 1 heterocycles. The summed E-state index contributed by atoms with van der Waals surface area (Å²) >= 11 is 6.98. The molecule has 0 aliphatic carbocycles. The maximum absolute atomic E-state index is 14.1. The molecule has 1 unspecified atom stereocenters. The van der Waals surface area contributed by atoms with Crippen LogP contribution in [-0.4, -0.2) is 23.9 Å². The van der Waals surface area contributed by atoms with E-state index in [1.807, 2.05) is 66.7 Å². The molecule has 8 nitrogen and oxygen atoms in total. The number of fused-ring (bicyclic) bond motifs is 1. The summed E-state index contributed by atoms with van der Waals surface area (Å²) in [5, 5.41) is 4.72. The Morgan fingerprint density at radius 2 is 1.50 bits per heavy atom. The fourth-order valence-corrected chi connectivity index (χ4v) is 5.89. The Morgan fingerprint density at radius 3 is 2.30 bits per heavy atom. The number of halogens is 2. The first-order valence-corrected chi connectivity index (χ1v) is 16.0. The maximum Gasteiger partial charge on any atom is 0.276 e. The largest absolute Gasteiger partial charge is 0.497 e. The number of carbonyl (C=O) groups excluding carboxylic acids is 2. The highest BCUT2D eigenvalue weighted by Gasteiger charge is 2.37. The first-order chi connectivity index (χ1) is 22.4. The number of carbonyl (C=O) groups is 2. The molecule has 1 aliphatic rings. The molecule has 0 spiro atoms. The number of methoxy groups -OCH3 is 1. The standard InChI is InChI=1S/C36H29Br2N3O5/c1-44-27-15-17-33(46-22-24-10-7-11-25(37)18-24)30(20-27)34-39-31-16-14-26(38)19-29(31)36(43)41(34)40-35(42)28-12-5-6-13-32(28)45-21-23-8-3-2-4-9-23/h2-20,34,39H,21-22H2,1H3,(H,40,42). The number of nitrogens with one attached hydrogen (secondary N) is 2. The second-order valence-electron chi connectivity index (χ2n) is 10.4. The van der Waals surface area contributed by atoms with Gasteiger partial charge in [-0.15, -0.1) is 0 Å². The zero-order valence-electron chi connectivity index (χ0n) is 24.7. The molecule has 5 aromatic rings. The molecule has 10 heteroatoms. The lowest BCUT2D eigenvalue weighted by Crippen LogP contribution is -2.53. The van der Waals surface area contributed by atoms with Gasteiger partial charge in [-0.05, 0) is 71.8 Å². The molecule has 0 saturated heterocycles. The van der Waals surface area contributed by atoms with Gasteiger partial charge in [0.15, 0.2) is 6.17 Å². The van der Waals surface area contributed by atoms with Gasteiger partial charge in [0, 0.05) is 20.2 Å². The summed E-state index contributed by atoms with van der Waals surface area (Å²) in [4.78, 5) is 28.1. The molecular weight excluding hydrogens is 714 g/mol. The average molecular weight is 743 g/mol. The Bertz CT molecular complexity index is 1890. The second kappa shape index (κ2) is 14.1. The Balaban J connectivity index is 1.34. The molecule has 0 fully saturated rings. The van der Waals surface area contributed by atoms with Gasteiger partial charge in [0.1, 0.15) is 30.5 Å². The first-order valence-electron chi connectivity index (χ1n) is 14.4. The highest BCUT2D eigenvalue weighted by molar-refractivity contribution is 9.10. The highest BCUT2D eigenvalue weighted by Crippen LogP contribution is 2.39. The summed E-state index contributed by atoms with van der Waals surface area (Å²) in [5.74, 6) is 0.545. The van der Waals surface area contributed by atoms with Crippen LogP contribution in [0.4, 0.5) is 5.69 Å². The fraction of sp³-hybridized carbons (Fsp3) is 0.111. The number of nitrogens with zero attached hydrogens (tertiary/aromatic N) is 1. The number of anilines is 1. The SMILES string of the molecule is COc1ccc(OCc2cccc(Br)c2)c(C2Nc3ccc(Br)cc3C(=O)N2NC(=O)c2ccccc2OCc2ccccc2)c1. The molecule has 0 radical (unpaired) electrons. The van der Waals surface area contributed by atoms with Gasteiger partial charge in [-0.1, -0.05) is 86.5 Å². The van der Waals surface area contributed by atoms with Gasteiger partial charge in [0.2, 0.25) is 0 Å². The van der Waals surface area contributed by atoms with E-state index in [1.165, 1.54) is 5.01 Å². The normalized spacial score (nSPS) is 13.8. The van der Waals surface area contributed by atoms with E-state index in [0.717, 1.165) is 20.1 Å². The fourth-order valence-electron chi connectivity index (χ4n) is 5.08. The third-order valence-electron chi connectivity index (χ3n) is 7.37. The lowest BCUT2D eigenvalue weighted by Gasteiger charge is -2.38. The number of hydrogen-bond acceptors (Lipinski definition) is 6. The third-order valence-corrected chi connectivity index (χ3v) is 8.35. The minimum atomic E-state index is -0.852. The van der Waals surface area contributed by atoms with Crippen molar-refractivity contribution in [1.82, 2.24) is 10.4 Å². The van der Waals surface area contributed by atoms with Gasteiger partial charge in [0.25, 0.3) is 11.8 Å². The van der Waals surface area contributed by atoms with E-state index in [2.05, 4.69) is 42.6 Å². The number of benzene rings is 5. The van der Waals surface area contributed by atoms with Crippen LogP contribution in [0.2, 0.25) is 0 Å². The molecule has 2 amide bonds. The van der Waals surface area contributed by atoms with Crippen LogP contribution in [0.5, 0.6) is 17.2 Å². The molecule has 0 aromatic heterocycles. The van der Waals surface area contributed by atoms with Gasteiger partial charge in [-0.25, -0.2) is 5.01 Å². The van der Waals surface area contributed by atoms with Crippen molar-refractivity contribution in [3.63, 3.8) is 0 Å². The van der Waals surface area contributed by atoms with Gasteiger partial charge in [0.05, 0.1) is 18.2 Å². The van der Waals surface area contributed by atoms with Crippen molar-refractivity contribution in [3.05, 3.63) is 152 Å². The molecule has 5 aromatic carbocycles. The molecule has 46 heavy (non-hydrogen) atoms. The molecule has 232 valence electrons. The van der Waals surface area contributed by atoms with Crippen molar-refractivity contribution in [2.45, 2.75) is 19.4 Å². The van der Waals surface area contributed by atoms with Crippen LogP contribution in [0, 0.1) is 0 Å². The summed E-state index contributed by atoms with van der Waals surface area (Å²) in [5.41, 5.74) is 6.64. The zero-order chi connectivity index (χ0) is 32.0. The summed E-state index contributed by atoms with van der Waals surface area (Å²) in [6, 6.07) is 35.2. The molecule has 1 aliphatic heterocycles. The van der Waals surface area contributed by atoms with Crippen molar-refractivity contribution >= 4 is 49.4 Å². The van der Waals surface area contributed by atoms with E-state index >= 15 is 0 Å². The number of rotatable bonds is 10. The van der Waals surface area contributed by atoms with Crippen LogP contribution in [0.1, 0.15) is 43.6 Å². The maximum atomic E-state index is 14.1. The van der Waals surface area contributed by atoms with Crippen molar-refractivity contribution in [2.24, 2.45) is 0 Å². The smallest absolute Gasteiger partial charge is 0.276 e. The lowest BCUT2D eigenvalue weighted by molar-refractivity contribution is 0.0485. The zero-order valence-corrected chi connectivity index (χ0v) is 27.9. The van der Waals surface area contributed by atoms with Crippen LogP contribution in [0.3, 0.4) is 0 Å². The van der Waals surface area contributed by atoms with E-state index in [-0.39, 0.29) is 18.8 Å². The Morgan fingerprint density at radius 1 is 0.783 bits per heavy atom. The van der Waals surface area contributed by atoms with E-state index in [0.29, 0.717) is 34.1 Å². The predicted molar refractivity (Wildman–Crippen MR) is 183 cm³/mol. The summed E-state index contributed by atoms with van der Waals surface area (Å²) in [6.07, 6.45) is -0.852. The molecule has 2 N–H and O–H groups in total. The van der Waals surface area contributed by atoms with Crippen molar-refractivity contribution in [3.8, 4) is 17.2 Å². The number of amides is 2. The van der Waals surface area contributed by atoms with Gasteiger partial charge in [-0.3, -0.25) is 15.0 Å². The Labute approximate surface area is 283 Å². The average Bonchev–Trinajstić information content (AvgIpc) is 3.08. The number of ether oxygens (including phenoxy) is 3. The van der Waals surface area contributed by atoms with Crippen LogP contribution < -0.4 is 25.0 Å². The van der Waals surface area contributed by atoms with E-state index in [4.69, 9.17) is 14.2 Å². The van der Waals surface area contributed by atoms with Gasteiger partial charge < -0.3 is 19.5 Å². The lowest BCUT2D eigenvalue weighted by atomic mass is 10.0. The highest BCUT2D eigenvalue weighted by atomic mass is 79.9. The minimum Gasteiger partial charge on any atom is -0.497 e. The topological polar surface area (TPSA) is 89.1 Å². The summed E-state index contributed by atoms with van der Waals surface area (Å²) < 4.78 is 19.6. The molecule has 0 saturated carbocycles. The van der Waals surface area contributed by atoms with Crippen LogP contribution in [0.15, 0.2) is 124 Å². The van der Waals surface area contributed by atoms with E-state index in [9.17, 15) is 9.59 Å². The minimum absolute atomic E-state index is 0.279. The Kier molecular flexibility index (Phi) is 9.56. The summed E-state index contributed by atoms with van der Waals surface area (Å²) in [7, 11) is 1.57.